The lowest BCUT2D eigenvalue weighted by molar-refractivity contribution is -0.143. The van der Waals surface area contributed by atoms with Crippen LogP contribution in [-0.4, -0.2) is 17.0 Å². The van der Waals surface area contributed by atoms with Gasteiger partial charge in [-0.15, -0.1) is 0 Å². The van der Waals surface area contributed by atoms with Crippen molar-refractivity contribution in [1.29, 1.82) is 0 Å². The zero-order valence-electron chi connectivity index (χ0n) is 11.1. The molecule has 0 saturated carbocycles. The lowest BCUT2D eigenvalue weighted by Gasteiger charge is -2.09. The summed E-state index contributed by atoms with van der Waals surface area (Å²) in [5.41, 5.74) is 3.87. The summed E-state index contributed by atoms with van der Waals surface area (Å²) in [4.78, 5) is 22.2. The number of carbonyl (C=O) groups is 2. The van der Waals surface area contributed by atoms with Gasteiger partial charge in [-0.1, -0.05) is 25.1 Å². The Labute approximate surface area is 112 Å². The first kappa shape index (κ1) is 13.6. The molecule has 0 aromatic heterocycles. The number of rotatable bonds is 5. The van der Waals surface area contributed by atoms with Gasteiger partial charge in [0.1, 0.15) is 0 Å². The third-order valence-corrected chi connectivity index (χ3v) is 3.57. The summed E-state index contributed by atoms with van der Waals surface area (Å²) >= 11 is 0. The van der Waals surface area contributed by atoms with E-state index in [0.717, 1.165) is 18.4 Å². The molecule has 1 unspecified atom stereocenters. The van der Waals surface area contributed by atoms with E-state index >= 15 is 0 Å². The Kier molecular flexibility index (Phi) is 4.20. The molecule has 1 aliphatic carbocycles. The van der Waals surface area contributed by atoms with Gasteiger partial charge in [0.05, 0.1) is 5.92 Å². The molecule has 0 fully saturated rings. The Morgan fingerprint density at radius 2 is 2.05 bits per heavy atom. The van der Waals surface area contributed by atoms with Crippen LogP contribution >= 0.6 is 0 Å². The normalized spacial score (nSPS) is 14.8. The van der Waals surface area contributed by atoms with Crippen LogP contribution in [0.1, 0.15) is 36.5 Å². The summed E-state index contributed by atoms with van der Waals surface area (Å²) in [6.07, 6.45) is 3.51. The predicted molar refractivity (Wildman–Crippen MR) is 71.7 cm³/mol. The molecule has 1 aromatic rings. The molecule has 19 heavy (non-hydrogen) atoms. The van der Waals surface area contributed by atoms with Crippen LogP contribution in [-0.2, 0) is 29.0 Å². The van der Waals surface area contributed by atoms with Gasteiger partial charge in [0.2, 0.25) is 5.91 Å². The molecule has 0 heterocycles. The molecule has 0 aliphatic heterocycles. The number of hydrogen-bond acceptors (Lipinski definition) is 2. The summed E-state index contributed by atoms with van der Waals surface area (Å²) in [7, 11) is 0. The number of nitrogens with one attached hydrogen (secondary N) is 1. The van der Waals surface area contributed by atoms with Gasteiger partial charge >= 0.3 is 5.97 Å². The van der Waals surface area contributed by atoms with Crippen molar-refractivity contribution in [3.05, 3.63) is 34.9 Å². The number of aryl methyl sites for hydroxylation is 2. The van der Waals surface area contributed by atoms with E-state index in [2.05, 4.69) is 17.4 Å². The van der Waals surface area contributed by atoms with Gasteiger partial charge < -0.3 is 10.4 Å². The summed E-state index contributed by atoms with van der Waals surface area (Å²) in [5.74, 6) is -1.79. The van der Waals surface area contributed by atoms with Crippen LogP contribution in [0.5, 0.6) is 0 Å². The lowest BCUT2D eigenvalue weighted by Crippen LogP contribution is -2.26. The Bertz CT molecular complexity index is 496. The molecule has 4 heteroatoms. The second-order valence-electron chi connectivity index (χ2n) is 5.18. The number of aliphatic carboxylic acids is 1. The van der Waals surface area contributed by atoms with Gasteiger partial charge in [-0.2, -0.15) is 0 Å². The van der Waals surface area contributed by atoms with E-state index in [0.29, 0.717) is 6.54 Å². The van der Waals surface area contributed by atoms with Crippen molar-refractivity contribution in [2.45, 2.75) is 39.2 Å². The van der Waals surface area contributed by atoms with Crippen LogP contribution in [0.25, 0.3) is 0 Å². The van der Waals surface area contributed by atoms with Gasteiger partial charge in [-0.25, -0.2) is 0 Å². The minimum Gasteiger partial charge on any atom is -0.481 e. The standard InChI is InChI=1S/C15H19NO3/c1-10(15(18)19)7-14(17)16-9-11-5-6-12-3-2-4-13(12)8-11/h5-6,8,10H,2-4,7,9H2,1H3,(H,16,17)(H,18,19). The third kappa shape index (κ3) is 3.56. The van der Waals surface area contributed by atoms with E-state index in [1.165, 1.54) is 24.5 Å². The van der Waals surface area contributed by atoms with Crippen molar-refractivity contribution < 1.29 is 14.7 Å². The Balaban J connectivity index is 1.85. The van der Waals surface area contributed by atoms with E-state index in [1.807, 2.05) is 6.07 Å². The topological polar surface area (TPSA) is 66.4 Å². The first-order valence-corrected chi connectivity index (χ1v) is 6.66. The number of hydrogen-bond donors (Lipinski definition) is 2. The van der Waals surface area contributed by atoms with Crippen LogP contribution in [0.15, 0.2) is 18.2 Å². The Morgan fingerprint density at radius 1 is 1.32 bits per heavy atom. The molecule has 0 spiro atoms. The highest BCUT2D eigenvalue weighted by Gasteiger charge is 2.16. The first-order chi connectivity index (χ1) is 9.06. The van der Waals surface area contributed by atoms with Gasteiger partial charge in [0, 0.05) is 13.0 Å². The number of carbonyl (C=O) groups excluding carboxylic acids is 1. The lowest BCUT2D eigenvalue weighted by atomic mass is 10.1. The number of fused-ring (bicyclic) bond motifs is 1. The monoisotopic (exact) mass is 261 g/mol. The average Bonchev–Trinajstić information content (AvgIpc) is 2.83. The first-order valence-electron chi connectivity index (χ1n) is 6.66. The van der Waals surface area contributed by atoms with Crippen LogP contribution in [0.4, 0.5) is 0 Å². The van der Waals surface area contributed by atoms with Crippen molar-refractivity contribution in [2.75, 3.05) is 0 Å². The molecule has 4 nitrogen and oxygen atoms in total. The fraction of sp³-hybridized carbons (Fsp3) is 0.467. The molecule has 2 N–H and O–H groups in total. The maximum atomic E-state index is 11.6. The zero-order chi connectivity index (χ0) is 13.8. The van der Waals surface area contributed by atoms with E-state index in [4.69, 9.17) is 5.11 Å². The summed E-state index contributed by atoms with van der Waals surface area (Å²) < 4.78 is 0. The fourth-order valence-corrected chi connectivity index (χ4v) is 2.37. The molecule has 1 aliphatic rings. The van der Waals surface area contributed by atoms with E-state index in [1.54, 1.807) is 0 Å². The molecule has 1 atom stereocenters. The van der Waals surface area contributed by atoms with Crippen LogP contribution in [0.3, 0.4) is 0 Å². The van der Waals surface area contributed by atoms with Gasteiger partial charge in [0.15, 0.2) is 0 Å². The highest BCUT2D eigenvalue weighted by Crippen LogP contribution is 2.22. The fourth-order valence-electron chi connectivity index (χ4n) is 2.37. The zero-order valence-corrected chi connectivity index (χ0v) is 11.1. The van der Waals surface area contributed by atoms with Gasteiger partial charge in [-0.3, -0.25) is 9.59 Å². The van der Waals surface area contributed by atoms with Gasteiger partial charge in [-0.05, 0) is 36.0 Å². The summed E-state index contributed by atoms with van der Waals surface area (Å²) in [6.45, 7) is 2.01. The molecule has 1 aromatic carbocycles. The minimum atomic E-state index is -0.937. The maximum absolute atomic E-state index is 11.6. The molecular weight excluding hydrogens is 242 g/mol. The Hall–Kier alpha value is -1.84. The maximum Gasteiger partial charge on any atom is 0.306 e. The predicted octanol–water partition coefficient (Wildman–Crippen LogP) is 1.90. The second kappa shape index (κ2) is 5.87. The van der Waals surface area contributed by atoms with Crippen LogP contribution < -0.4 is 5.32 Å². The van der Waals surface area contributed by atoms with Crippen molar-refractivity contribution in [3.63, 3.8) is 0 Å². The summed E-state index contributed by atoms with van der Waals surface area (Å²) in [5, 5.41) is 11.5. The number of carboxylic acids is 1. The molecule has 0 radical (unpaired) electrons. The average molecular weight is 261 g/mol. The van der Waals surface area contributed by atoms with Crippen molar-refractivity contribution >= 4 is 11.9 Å². The molecule has 0 bridgehead atoms. The summed E-state index contributed by atoms with van der Waals surface area (Å²) in [6, 6.07) is 6.30. The van der Waals surface area contributed by atoms with E-state index in [-0.39, 0.29) is 12.3 Å². The smallest absolute Gasteiger partial charge is 0.306 e. The second-order valence-corrected chi connectivity index (χ2v) is 5.18. The van der Waals surface area contributed by atoms with Gasteiger partial charge in [0.25, 0.3) is 0 Å². The molecule has 2 rings (SSSR count). The highest BCUT2D eigenvalue weighted by atomic mass is 16.4. The number of amides is 1. The van der Waals surface area contributed by atoms with E-state index < -0.39 is 11.9 Å². The number of carboxylic acid groups (broad SMARTS) is 1. The quantitative estimate of drug-likeness (QED) is 0.850. The minimum absolute atomic E-state index is 0.0280. The highest BCUT2D eigenvalue weighted by molar-refractivity contribution is 5.81. The molecule has 0 saturated heterocycles. The largest absolute Gasteiger partial charge is 0.481 e. The molecule has 102 valence electrons. The van der Waals surface area contributed by atoms with Crippen molar-refractivity contribution in [1.82, 2.24) is 5.32 Å². The van der Waals surface area contributed by atoms with Crippen LogP contribution in [0, 0.1) is 5.92 Å². The third-order valence-electron chi connectivity index (χ3n) is 3.57. The Morgan fingerprint density at radius 3 is 2.79 bits per heavy atom. The van der Waals surface area contributed by atoms with Crippen molar-refractivity contribution in [2.24, 2.45) is 5.92 Å². The molecule has 1 amide bonds. The SMILES string of the molecule is CC(CC(=O)NCc1ccc2c(c1)CCC2)C(=O)O. The number of benzene rings is 1. The van der Waals surface area contributed by atoms with Crippen LogP contribution in [0.2, 0.25) is 0 Å². The van der Waals surface area contributed by atoms with Crippen molar-refractivity contribution in [3.8, 4) is 0 Å². The molecular formula is C15H19NO3. The van der Waals surface area contributed by atoms with E-state index in [9.17, 15) is 9.59 Å².